The van der Waals surface area contributed by atoms with E-state index in [4.69, 9.17) is 9.84 Å². The second-order valence-corrected chi connectivity index (χ2v) is 4.34. The van der Waals surface area contributed by atoms with Gasteiger partial charge < -0.3 is 15.2 Å². The zero-order valence-electron chi connectivity index (χ0n) is 11.6. The Hall–Kier alpha value is -1.92. The minimum absolute atomic E-state index is 0.0629. The van der Waals surface area contributed by atoms with Gasteiger partial charge in [0.05, 0.1) is 32.5 Å². The van der Waals surface area contributed by atoms with Crippen molar-refractivity contribution in [2.45, 2.75) is 26.6 Å². The highest BCUT2D eigenvalue weighted by molar-refractivity contribution is 5.50. The molecule has 1 aromatic heterocycles. The fourth-order valence-corrected chi connectivity index (χ4v) is 1.85. The minimum atomic E-state index is 0.0629. The second kappa shape index (κ2) is 7.62. The largest absolute Gasteiger partial charge is 0.394 e. The van der Waals surface area contributed by atoms with Crippen molar-refractivity contribution >= 4 is 5.69 Å². The van der Waals surface area contributed by atoms with Crippen molar-refractivity contribution in [3.05, 3.63) is 41.7 Å². The van der Waals surface area contributed by atoms with Crippen LogP contribution in [0.2, 0.25) is 0 Å². The third-order valence-corrected chi connectivity index (χ3v) is 2.85. The maximum atomic E-state index is 8.84. The monoisotopic (exact) mass is 276 g/mol. The number of aromatic nitrogens is 3. The Balaban J connectivity index is 1.95. The fourth-order valence-electron chi connectivity index (χ4n) is 1.85. The summed E-state index contributed by atoms with van der Waals surface area (Å²) in [5.41, 5.74) is 3.00. The highest BCUT2D eigenvalue weighted by Crippen LogP contribution is 2.16. The number of benzene rings is 1. The zero-order chi connectivity index (χ0) is 14.2. The van der Waals surface area contributed by atoms with Crippen molar-refractivity contribution in [2.75, 3.05) is 18.5 Å². The molecule has 0 atom stereocenters. The molecule has 0 unspecified atom stereocenters. The predicted molar refractivity (Wildman–Crippen MR) is 76.2 cm³/mol. The van der Waals surface area contributed by atoms with Crippen LogP contribution in [0.25, 0.3) is 0 Å². The van der Waals surface area contributed by atoms with Gasteiger partial charge in [0.15, 0.2) is 0 Å². The number of para-hydroxylation sites is 1. The molecule has 0 aliphatic rings. The van der Waals surface area contributed by atoms with E-state index in [0.717, 1.165) is 16.9 Å². The first-order valence-electron chi connectivity index (χ1n) is 6.73. The molecule has 6 heteroatoms. The molecule has 0 saturated carbocycles. The first kappa shape index (κ1) is 14.5. The molecule has 1 aromatic carbocycles. The van der Waals surface area contributed by atoms with Crippen LogP contribution < -0.4 is 5.32 Å². The van der Waals surface area contributed by atoms with Gasteiger partial charge in [0, 0.05) is 17.9 Å². The topological polar surface area (TPSA) is 72.2 Å². The van der Waals surface area contributed by atoms with Crippen LogP contribution in [0.5, 0.6) is 0 Å². The Bertz CT molecular complexity index is 527. The minimum Gasteiger partial charge on any atom is -0.394 e. The van der Waals surface area contributed by atoms with E-state index in [0.29, 0.717) is 26.3 Å². The van der Waals surface area contributed by atoms with Crippen LogP contribution in [0.4, 0.5) is 5.69 Å². The van der Waals surface area contributed by atoms with Crippen LogP contribution in [0.15, 0.2) is 30.5 Å². The van der Waals surface area contributed by atoms with E-state index in [1.807, 2.05) is 37.4 Å². The van der Waals surface area contributed by atoms with E-state index in [1.54, 1.807) is 4.68 Å². The van der Waals surface area contributed by atoms with Crippen LogP contribution in [0.1, 0.15) is 18.2 Å². The summed E-state index contributed by atoms with van der Waals surface area (Å²) in [6, 6.07) is 8.05. The maximum absolute atomic E-state index is 8.84. The van der Waals surface area contributed by atoms with E-state index in [9.17, 15) is 0 Å². The molecule has 0 aliphatic carbocycles. The molecule has 20 heavy (non-hydrogen) atoms. The van der Waals surface area contributed by atoms with Gasteiger partial charge in [-0.2, -0.15) is 0 Å². The summed E-state index contributed by atoms with van der Waals surface area (Å²) in [7, 11) is 0. The Morgan fingerprint density at radius 2 is 2.20 bits per heavy atom. The Morgan fingerprint density at radius 3 is 3.00 bits per heavy atom. The van der Waals surface area contributed by atoms with Crippen molar-refractivity contribution < 1.29 is 9.84 Å². The van der Waals surface area contributed by atoms with Gasteiger partial charge in [0.2, 0.25) is 0 Å². The molecule has 0 fully saturated rings. The summed E-state index contributed by atoms with van der Waals surface area (Å²) >= 11 is 0. The van der Waals surface area contributed by atoms with E-state index < -0.39 is 0 Å². The molecule has 2 rings (SSSR count). The molecule has 0 aliphatic heterocycles. The number of aliphatic hydroxyl groups excluding tert-OH is 1. The van der Waals surface area contributed by atoms with Gasteiger partial charge in [0.1, 0.15) is 5.69 Å². The SMILES string of the molecule is CCOCc1ccccc1NCc1cn(CCO)nn1. The van der Waals surface area contributed by atoms with Crippen molar-refractivity contribution in [3.63, 3.8) is 0 Å². The fraction of sp³-hybridized carbons (Fsp3) is 0.429. The molecular formula is C14H20N4O2. The summed E-state index contributed by atoms with van der Waals surface area (Å²) in [6.45, 7) is 4.39. The molecule has 0 saturated heterocycles. The lowest BCUT2D eigenvalue weighted by Crippen LogP contribution is -2.04. The van der Waals surface area contributed by atoms with E-state index in [-0.39, 0.29) is 6.61 Å². The van der Waals surface area contributed by atoms with Gasteiger partial charge in [-0.05, 0) is 13.0 Å². The lowest BCUT2D eigenvalue weighted by atomic mass is 10.2. The number of aliphatic hydroxyl groups is 1. The van der Waals surface area contributed by atoms with E-state index in [1.165, 1.54) is 0 Å². The van der Waals surface area contributed by atoms with Crippen molar-refractivity contribution in [3.8, 4) is 0 Å². The highest BCUT2D eigenvalue weighted by Gasteiger charge is 2.04. The molecule has 6 nitrogen and oxygen atoms in total. The number of nitrogens with one attached hydrogen (secondary N) is 1. The van der Waals surface area contributed by atoms with Crippen molar-refractivity contribution in [2.24, 2.45) is 0 Å². The summed E-state index contributed by atoms with van der Waals surface area (Å²) in [6.07, 6.45) is 1.83. The van der Waals surface area contributed by atoms with E-state index in [2.05, 4.69) is 15.6 Å². The van der Waals surface area contributed by atoms with Crippen LogP contribution in [-0.2, 0) is 24.4 Å². The number of nitrogens with zero attached hydrogens (tertiary/aromatic N) is 3. The highest BCUT2D eigenvalue weighted by atomic mass is 16.5. The average Bonchev–Trinajstić information content (AvgIpc) is 2.92. The zero-order valence-corrected chi connectivity index (χ0v) is 11.6. The van der Waals surface area contributed by atoms with E-state index >= 15 is 0 Å². The quantitative estimate of drug-likeness (QED) is 0.763. The van der Waals surface area contributed by atoms with Gasteiger partial charge in [-0.1, -0.05) is 23.4 Å². The normalized spacial score (nSPS) is 10.7. The molecule has 2 N–H and O–H groups in total. The van der Waals surface area contributed by atoms with Crippen LogP contribution in [0.3, 0.4) is 0 Å². The number of rotatable bonds is 8. The molecule has 1 heterocycles. The summed E-state index contributed by atoms with van der Waals surface area (Å²) < 4.78 is 7.08. The lowest BCUT2D eigenvalue weighted by Gasteiger charge is -2.10. The molecule has 0 bridgehead atoms. The molecule has 108 valence electrons. The summed E-state index contributed by atoms with van der Waals surface area (Å²) in [5.74, 6) is 0. The van der Waals surface area contributed by atoms with Crippen LogP contribution in [0, 0.1) is 0 Å². The third kappa shape index (κ3) is 4.04. The maximum Gasteiger partial charge on any atom is 0.102 e. The first-order chi connectivity index (χ1) is 9.83. The number of anilines is 1. The van der Waals surface area contributed by atoms with Crippen LogP contribution >= 0.6 is 0 Å². The van der Waals surface area contributed by atoms with Gasteiger partial charge in [-0.3, -0.25) is 0 Å². The lowest BCUT2D eigenvalue weighted by molar-refractivity contribution is 0.134. The predicted octanol–water partition coefficient (Wildman–Crippen LogP) is 1.42. The van der Waals surface area contributed by atoms with Gasteiger partial charge in [-0.15, -0.1) is 5.10 Å². The number of hydrogen-bond donors (Lipinski definition) is 2. The second-order valence-electron chi connectivity index (χ2n) is 4.34. The molecule has 0 amide bonds. The average molecular weight is 276 g/mol. The van der Waals surface area contributed by atoms with Crippen LogP contribution in [-0.4, -0.2) is 33.3 Å². The number of ether oxygens (including phenoxy) is 1. The van der Waals surface area contributed by atoms with Gasteiger partial charge in [-0.25, -0.2) is 4.68 Å². The third-order valence-electron chi connectivity index (χ3n) is 2.85. The Labute approximate surface area is 118 Å². The summed E-state index contributed by atoms with van der Waals surface area (Å²) in [5, 5.41) is 20.2. The number of hydrogen-bond acceptors (Lipinski definition) is 5. The molecule has 0 radical (unpaired) electrons. The molecule has 2 aromatic rings. The smallest absolute Gasteiger partial charge is 0.102 e. The molecule has 0 spiro atoms. The molecular weight excluding hydrogens is 256 g/mol. The van der Waals surface area contributed by atoms with Crippen molar-refractivity contribution in [1.82, 2.24) is 15.0 Å². The Kier molecular flexibility index (Phi) is 5.52. The standard InChI is InChI=1S/C14H20N4O2/c1-2-20-11-12-5-3-4-6-14(12)15-9-13-10-18(7-8-19)17-16-13/h3-6,10,15,19H,2,7-9,11H2,1H3. The summed E-state index contributed by atoms with van der Waals surface area (Å²) in [4.78, 5) is 0. The first-order valence-corrected chi connectivity index (χ1v) is 6.73. The van der Waals surface area contributed by atoms with Gasteiger partial charge in [0.25, 0.3) is 0 Å². The van der Waals surface area contributed by atoms with Gasteiger partial charge >= 0.3 is 0 Å². The van der Waals surface area contributed by atoms with Crippen molar-refractivity contribution in [1.29, 1.82) is 0 Å². The Morgan fingerprint density at radius 1 is 1.35 bits per heavy atom.